The summed E-state index contributed by atoms with van der Waals surface area (Å²) in [5.74, 6) is -0.216. The molecule has 4 rings (SSSR count). The number of pyridine rings is 1. The van der Waals surface area contributed by atoms with Gasteiger partial charge in [0.2, 0.25) is 0 Å². The van der Waals surface area contributed by atoms with Crippen LogP contribution in [0.1, 0.15) is 15.5 Å². The highest BCUT2D eigenvalue weighted by Crippen LogP contribution is 2.25. The topological polar surface area (TPSA) is 85.6 Å². The minimum Gasteiger partial charge on any atom is -0.344 e. The highest BCUT2D eigenvalue weighted by Gasteiger charge is 2.13. The van der Waals surface area contributed by atoms with Crippen LogP contribution in [0.2, 0.25) is 0 Å². The van der Waals surface area contributed by atoms with Crippen LogP contribution in [0.25, 0.3) is 16.3 Å². The summed E-state index contributed by atoms with van der Waals surface area (Å²) in [6.45, 7) is 0.290. The van der Waals surface area contributed by atoms with E-state index in [0.29, 0.717) is 10.7 Å². The van der Waals surface area contributed by atoms with Gasteiger partial charge in [-0.2, -0.15) is 0 Å². The average Bonchev–Trinajstić information content (AvgIpc) is 3.41. The summed E-state index contributed by atoms with van der Waals surface area (Å²) in [5.41, 5.74) is 2.36. The summed E-state index contributed by atoms with van der Waals surface area (Å²) < 4.78 is 1.64. The number of rotatable bonds is 5. The average molecular weight is 368 g/mol. The van der Waals surface area contributed by atoms with Gasteiger partial charge in [0, 0.05) is 17.8 Å². The van der Waals surface area contributed by atoms with E-state index in [1.54, 1.807) is 34.6 Å². The molecule has 0 atom stereocenters. The Balaban J connectivity index is 1.40. The molecule has 0 aliphatic rings. The van der Waals surface area contributed by atoms with Gasteiger partial charge in [0.1, 0.15) is 5.69 Å². The van der Waals surface area contributed by atoms with Gasteiger partial charge in [-0.05, 0) is 23.6 Å². The minimum absolute atomic E-state index is 0.216. The molecule has 9 heteroatoms. The lowest BCUT2D eigenvalue weighted by Crippen LogP contribution is -2.22. The predicted octanol–water partition coefficient (Wildman–Crippen LogP) is 2.78. The highest BCUT2D eigenvalue weighted by molar-refractivity contribution is 7.15. The zero-order chi connectivity index (χ0) is 17.1. The van der Waals surface area contributed by atoms with Gasteiger partial charge >= 0.3 is 0 Å². The molecule has 0 spiro atoms. The molecule has 0 radical (unpaired) electrons. The quantitative estimate of drug-likeness (QED) is 0.585. The molecule has 0 fully saturated rings. The maximum absolute atomic E-state index is 12.3. The number of hydrogen-bond acceptors (Lipinski definition) is 7. The van der Waals surface area contributed by atoms with E-state index in [1.165, 1.54) is 11.3 Å². The lowest BCUT2D eigenvalue weighted by atomic mass is 10.4. The molecular formula is C16H12N6OS2. The molecule has 0 saturated heterocycles. The summed E-state index contributed by atoms with van der Waals surface area (Å²) in [6.07, 6.45) is 5.15. The van der Waals surface area contributed by atoms with Crippen molar-refractivity contribution in [1.29, 1.82) is 0 Å². The summed E-state index contributed by atoms with van der Waals surface area (Å²) in [4.78, 5) is 21.7. The predicted molar refractivity (Wildman–Crippen MR) is 95.8 cm³/mol. The first-order valence-electron chi connectivity index (χ1n) is 7.39. The minimum atomic E-state index is -0.216. The largest absolute Gasteiger partial charge is 0.344 e. The van der Waals surface area contributed by atoms with Gasteiger partial charge in [-0.25, -0.2) is 9.67 Å². The standard InChI is InChI=1S/C16H12N6OS2/c23-15(16-19-13(10-25-16)14-2-1-7-24-14)18-8-11-9-22(21-20-11)12-3-5-17-6-4-12/h1-7,9-10H,8H2,(H,18,23). The Morgan fingerprint density at radius 1 is 1.20 bits per heavy atom. The summed E-state index contributed by atoms with van der Waals surface area (Å²) in [6, 6.07) is 7.61. The van der Waals surface area contributed by atoms with Gasteiger partial charge in [-0.1, -0.05) is 11.3 Å². The number of carbonyl (C=O) groups is 1. The molecule has 0 unspecified atom stereocenters. The summed E-state index contributed by atoms with van der Waals surface area (Å²) >= 11 is 2.93. The van der Waals surface area contributed by atoms with E-state index in [-0.39, 0.29) is 12.5 Å². The van der Waals surface area contributed by atoms with E-state index in [9.17, 15) is 4.79 Å². The Morgan fingerprint density at radius 2 is 2.08 bits per heavy atom. The van der Waals surface area contributed by atoms with Crippen LogP contribution in [0, 0.1) is 0 Å². The maximum atomic E-state index is 12.3. The lowest BCUT2D eigenvalue weighted by Gasteiger charge is -1.99. The molecular weight excluding hydrogens is 356 g/mol. The second-order valence-electron chi connectivity index (χ2n) is 5.06. The van der Waals surface area contributed by atoms with E-state index in [4.69, 9.17) is 0 Å². The fourth-order valence-electron chi connectivity index (χ4n) is 2.16. The fraction of sp³-hybridized carbons (Fsp3) is 0.0625. The molecule has 7 nitrogen and oxygen atoms in total. The molecule has 0 aliphatic carbocycles. The van der Waals surface area contributed by atoms with Gasteiger partial charge < -0.3 is 5.32 Å². The highest BCUT2D eigenvalue weighted by atomic mass is 32.1. The van der Waals surface area contributed by atoms with Crippen LogP contribution in [-0.2, 0) is 6.54 Å². The van der Waals surface area contributed by atoms with Gasteiger partial charge in [0.15, 0.2) is 5.01 Å². The molecule has 0 saturated carbocycles. The number of thiophene rings is 1. The first kappa shape index (κ1) is 15.6. The number of amides is 1. The third kappa shape index (κ3) is 3.47. The van der Waals surface area contributed by atoms with Crippen molar-refractivity contribution in [3.8, 4) is 16.3 Å². The van der Waals surface area contributed by atoms with E-state index in [0.717, 1.165) is 16.3 Å². The molecule has 124 valence electrons. The van der Waals surface area contributed by atoms with Crippen LogP contribution in [-0.4, -0.2) is 30.9 Å². The van der Waals surface area contributed by atoms with Gasteiger partial charge in [-0.15, -0.1) is 27.8 Å². The van der Waals surface area contributed by atoms with Crippen LogP contribution in [0.4, 0.5) is 0 Å². The van der Waals surface area contributed by atoms with Crippen LogP contribution in [0.15, 0.2) is 53.6 Å². The Labute approximate surface area is 151 Å². The van der Waals surface area contributed by atoms with E-state index in [2.05, 4.69) is 25.6 Å². The monoisotopic (exact) mass is 368 g/mol. The number of carbonyl (C=O) groups excluding carboxylic acids is 1. The van der Waals surface area contributed by atoms with Crippen LogP contribution in [0.5, 0.6) is 0 Å². The second-order valence-corrected chi connectivity index (χ2v) is 6.86. The van der Waals surface area contributed by atoms with E-state index in [1.807, 2.05) is 35.0 Å². The third-order valence-electron chi connectivity index (χ3n) is 3.37. The summed E-state index contributed by atoms with van der Waals surface area (Å²) in [7, 11) is 0. The molecule has 0 aromatic carbocycles. The normalized spacial score (nSPS) is 10.7. The number of thiazole rings is 1. The smallest absolute Gasteiger partial charge is 0.280 e. The van der Waals surface area contributed by atoms with Crippen molar-refractivity contribution in [3.05, 3.63) is 64.3 Å². The van der Waals surface area contributed by atoms with Crippen LogP contribution < -0.4 is 5.32 Å². The lowest BCUT2D eigenvalue weighted by molar-refractivity contribution is 0.0950. The van der Waals surface area contributed by atoms with Gasteiger partial charge in [0.05, 0.1) is 29.0 Å². The number of hydrogen-bond donors (Lipinski definition) is 1. The maximum Gasteiger partial charge on any atom is 0.280 e. The molecule has 25 heavy (non-hydrogen) atoms. The molecule has 0 aliphatic heterocycles. The van der Waals surface area contributed by atoms with Crippen molar-refractivity contribution < 1.29 is 4.79 Å². The number of nitrogens with one attached hydrogen (secondary N) is 1. The SMILES string of the molecule is O=C(NCc1cn(-c2ccncc2)nn1)c1nc(-c2cccs2)cs1. The molecule has 1 N–H and O–H groups in total. The number of aromatic nitrogens is 5. The van der Waals surface area contributed by atoms with Crippen LogP contribution >= 0.6 is 22.7 Å². The van der Waals surface area contributed by atoms with Crippen molar-refractivity contribution in [2.45, 2.75) is 6.54 Å². The van der Waals surface area contributed by atoms with E-state index >= 15 is 0 Å². The Kier molecular flexibility index (Phi) is 4.32. The third-order valence-corrected chi connectivity index (χ3v) is 5.10. The van der Waals surface area contributed by atoms with Gasteiger partial charge in [-0.3, -0.25) is 9.78 Å². The van der Waals surface area contributed by atoms with Gasteiger partial charge in [0.25, 0.3) is 5.91 Å². The molecule has 1 amide bonds. The van der Waals surface area contributed by atoms with Crippen molar-refractivity contribution >= 4 is 28.6 Å². The first-order valence-corrected chi connectivity index (χ1v) is 9.15. The van der Waals surface area contributed by atoms with Crippen LogP contribution in [0.3, 0.4) is 0 Å². The molecule has 0 bridgehead atoms. The summed E-state index contributed by atoms with van der Waals surface area (Å²) in [5, 5.41) is 15.3. The van der Waals surface area contributed by atoms with Crippen molar-refractivity contribution in [2.75, 3.05) is 0 Å². The second kappa shape index (κ2) is 6.91. The zero-order valence-electron chi connectivity index (χ0n) is 12.9. The molecule has 4 aromatic rings. The zero-order valence-corrected chi connectivity index (χ0v) is 14.5. The van der Waals surface area contributed by atoms with Crippen molar-refractivity contribution in [3.63, 3.8) is 0 Å². The molecule has 4 heterocycles. The van der Waals surface area contributed by atoms with Crippen molar-refractivity contribution in [1.82, 2.24) is 30.3 Å². The van der Waals surface area contributed by atoms with E-state index < -0.39 is 0 Å². The fourth-order valence-corrected chi connectivity index (χ4v) is 3.66. The Morgan fingerprint density at radius 3 is 2.88 bits per heavy atom. The Bertz CT molecular complexity index is 977. The first-order chi connectivity index (χ1) is 12.3. The molecule has 4 aromatic heterocycles. The Hall–Kier alpha value is -2.91. The number of nitrogens with zero attached hydrogens (tertiary/aromatic N) is 5. The van der Waals surface area contributed by atoms with Crippen molar-refractivity contribution in [2.24, 2.45) is 0 Å².